The van der Waals surface area contributed by atoms with E-state index in [1.807, 2.05) is 20.8 Å². The molecule has 1 saturated carbocycles. The van der Waals surface area contributed by atoms with Crippen LogP contribution < -0.4 is 0 Å². The third-order valence-corrected chi connectivity index (χ3v) is 3.72. The highest BCUT2D eigenvalue weighted by atomic mass is 16.6. The van der Waals surface area contributed by atoms with Gasteiger partial charge in [0.25, 0.3) is 0 Å². The number of esters is 1. The molecule has 0 aromatic carbocycles. The van der Waals surface area contributed by atoms with Crippen LogP contribution in [0.25, 0.3) is 0 Å². The average molecular weight is 269 g/mol. The van der Waals surface area contributed by atoms with E-state index in [1.165, 1.54) is 0 Å². The maximum atomic E-state index is 12.3. The molecule has 2 fully saturated rings. The second-order valence-corrected chi connectivity index (χ2v) is 6.31. The lowest BCUT2D eigenvalue weighted by molar-refractivity contribution is -0.151. The van der Waals surface area contributed by atoms with Gasteiger partial charge in [-0.25, -0.2) is 9.59 Å². The molecule has 1 heterocycles. The van der Waals surface area contributed by atoms with Gasteiger partial charge in [0.2, 0.25) is 0 Å². The van der Waals surface area contributed by atoms with E-state index in [2.05, 4.69) is 0 Å². The molecule has 2 aliphatic rings. The fourth-order valence-electron chi connectivity index (χ4n) is 3.10. The summed E-state index contributed by atoms with van der Waals surface area (Å²) >= 11 is 0. The Morgan fingerprint density at radius 3 is 2.53 bits per heavy atom. The fourth-order valence-corrected chi connectivity index (χ4v) is 3.10. The first kappa shape index (κ1) is 14.2. The van der Waals surface area contributed by atoms with Crippen molar-refractivity contribution in [1.82, 2.24) is 4.90 Å². The summed E-state index contributed by atoms with van der Waals surface area (Å²) in [6.45, 7) is 7.62. The van der Waals surface area contributed by atoms with Crippen molar-refractivity contribution < 1.29 is 19.1 Å². The number of amides is 1. The maximum absolute atomic E-state index is 12.3. The molecule has 19 heavy (non-hydrogen) atoms. The van der Waals surface area contributed by atoms with Crippen LogP contribution in [0.4, 0.5) is 4.79 Å². The first-order valence-electron chi connectivity index (χ1n) is 7.01. The van der Waals surface area contributed by atoms with Crippen molar-refractivity contribution in [1.29, 1.82) is 0 Å². The highest BCUT2D eigenvalue weighted by molar-refractivity contribution is 5.83. The van der Waals surface area contributed by atoms with Gasteiger partial charge in [-0.2, -0.15) is 0 Å². The SMILES string of the molecule is CCOC(=O)[C@H]1[C@H]2CC[C@H](C2)N1C(=O)OC(C)(C)C. The molecular weight excluding hydrogens is 246 g/mol. The Kier molecular flexibility index (Phi) is 3.74. The molecule has 0 spiro atoms. The van der Waals surface area contributed by atoms with Crippen LogP contribution in [-0.2, 0) is 14.3 Å². The van der Waals surface area contributed by atoms with E-state index < -0.39 is 17.7 Å². The second kappa shape index (κ2) is 5.02. The van der Waals surface area contributed by atoms with Gasteiger partial charge >= 0.3 is 12.1 Å². The standard InChI is InChI=1S/C14H23NO4/c1-5-18-12(16)11-9-6-7-10(8-9)15(11)13(17)19-14(2,3)4/h9-11H,5-8H2,1-4H3/t9-,10+,11+/m0/s1. The molecule has 2 bridgehead atoms. The van der Waals surface area contributed by atoms with Gasteiger partial charge in [0, 0.05) is 6.04 Å². The summed E-state index contributed by atoms with van der Waals surface area (Å²) in [5.74, 6) is -0.0582. The zero-order chi connectivity index (χ0) is 14.2. The lowest BCUT2D eigenvalue weighted by Gasteiger charge is -2.34. The van der Waals surface area contributed by atoms with Crippen molar-refractivity contribution in [3.63, 3.8) is 0 Å². The predicted molar refractivity (Wildman–Crippen MR) is 69.6 cm³/mol. The van der Waals surface area contributed by atoms with Gasteiger partial charge in [0.15, 0.2) is 0 Å². The fraction of sp³-hybridized carbons (Fsp3) is 0.857. The van der Waals surface area contributed by atoms with E-state index in [4.69, 9.17) is 9.47 Å². The average Bonchev–Trinajstić information content (AvgIpc) is 2.85. The minimum atomic E-state index is -0.544. The van der Waals surface area contributed by atoms with Gasteiger partial charge in [-0.05, 0) is 52.9 Å². The lowest BCUT2D eigenvalue weighted by atomic mass is 9.99. The van der Waals surface area contributed by atoms with E-state index >= 15 is 0 Å². The molecule has 5 heteroatoms. The second-order valence-electron chi connectivity index (χ2n) is 6.31. The monoisotopic (exact) mass is 269 g/mol. The van der Waals surface area contributed by atoms with Gasteiger partial charge in [-0.15, -0.1) is 0 Å². The number of fused-ring (bicyclic) bond motifs is 2. The van der Waals surface area contributed by atoms with E-state index in [0.29, 0.717) is 6.61 Å². The van der Waals surface area contributed by atoms with Gasteiger partial charge in [0.05, 0.1) is 6.61 Å². The molecule has 5 nitrogen and oxygen atoms in total. The Hall–Kier alpha value is -1.26. The Labute approximate surface area is 114 Å². The molecule has 0 N–H and O–H groups in total. The van der Waals surface area contributed by atoms with Crippen molar-refractivity contribution in [2.75, 3.05) is 6.61 Å². The molecule has 1 aliphatic heterocycles. The van der Waals surface area contributed by atoms with Crippen LogP contribution in [0.3, 0.4) is 0 Å². The van der Waals surface area contributed by atoms with Crippen LogP contribution in [0, 0.1) is 5.92 Å². The Bertz CT molecular complexity index is 374. The molecule has 1 saturated heterocycles. The predicted octanol–water partition coefficient (Wildman–Crippen LogP) is 2.34. The first-order valence-corrected chi connectivity index (χ1v) is 7.01. The number of carbonyl (C=O) groups is 2. The van der Waals surface area contributed by atoms with Crippen molar-refractivity contribution >= 4 is 12.1 Å². The Morgan fingerprint density at radius 1 is 1.26 bits per heavy atom. The third-order valence-electron chi connectivity index (χ3n) is 3.72. The Morgan fingerprint density at radius 2 is 1.95 bits per heavy atom. The molecule has 0 aromatic rings. The first-order chi connectivity index (χ1) is 8.83. The number of likely N-dealkylation sites (tertiary alicyclic amines) is 1. The van der Waals surface area contributed by atoms with Crippen LogP contribution in [0.2, 0.25) is 0 Å². The molecule has 3 atom stereocenters. The number of nitrogens with zero attached hydrogens (tertiary/aromatic N) is 1. The molecule has 0 aromatic heterocycles. The van der Waals surface area contributed by atoms with E-state index in [1.54, 1.807) is 11.8 Å². The third kappa shape index (κ3) is 2.85. The minimum Gasteiger partial charge on any atom is -0.464 e. The van der Waals surface area contributed by atoms with Gasteiger partial charge < -0.3 is 9.47 Å². The highest BCUT2D eigenvalue weighted by Crippen LogP contribution is 2.43. The summed E-state index contributed by atoms with van der Waals surface area (Å²) in [4.78, 5) is 25.9. The van der Waals surface area contributed by atoms with Crippen LogP contribution in [0.1, 0.15) is 47.0 Å². The highest BCUT2D eigenvalue weighted by Gasteiger charge is 2.53. The van der Waals surface area contributed by atoms with Crippen molar-refractivity contribution in [3.8, 4) is 0 Å². The lowest BCUT2D eigenvalue weighted by Crippen LogP contribution is -2.51. The van der Waals surface area contributed by atoms with Crippen molar-refractivity contribution in [2.45, 2.75) is 64.6 Å². The van der Waals surface area contributed by atoms with Crippen LogP contribution >= 0.6 is 0 Å². The smallest absolute Gasteiger partial charge is 0.411 e. The number of carbonyl (C=O) groups excluding carboxylic acids is 2. The number of rotatable bonds is 2. The van der Waals surface area contributed by atoms with Crippen LogP contribution in [0.5, 0.6) is 0 Å². The number of hydrogen-bond donors (Lipinski definition) is 0. The van der Waals surface area contributed by atoms with Gasteiger partial charge in [-0.1, -0.05) is 0 Å². The van der Waals surface area contributed by atoms with Crippen LogP contribution in [-0.4, -0.2) is 41.3 Å². The molecule has 0 unspecified atom stereocenters. The largest absolute Gasteiger partial charge is 0.464 e. The summed E-state index contributed by atoms with van der Waals surface area (Å²) in [5, 5.41) is 0. The molecular formula is C14H23NO4. The summed E-state index contributed by atoms with van der Waals surface area (Å²) < 4.78 is 10.5. The van der Waals surface area contributed by atoms with Crippen molar-refractivity contribution in [2.24, 2.45) is 5.92 Å². The molecule has 1 aliphatic carbocycles. The normalized spacial score (nSPS) is 29.5. The van der Waals surface area contributed by atoms with Gasteiger partial charge in [-0.3, -0.25) is 4.90 Å². The van der Waals surface area contributed by atoms with E-state index in [0.717, 1.165) is 19.3 Å². The number of hydrogen-bond acceptors (Lipinski definition) is 4. The topological polar surface area (TPSA) is 55.8 Å². The zero-order valence-electron chi connectivity index (χ0n) is 12.1. The zero-order valence-corrected chi connectivity index (χ0v) is 12.1. The molecule has 2 rings (SSSR count). The number of piperidine rings is 1. The van der Waals surface area contributed by atoms with Crippen LogP contribution in [0.15, 0.2) is 0 Å². The number of ether oxygens (including phenoxy) is 2. The molecule has 0 radical (unpaired) electrons. The molecule has 108 valence electrons. The quantitative estimate of drug-likeness (QED) is 0.722. The Balaban J connectivity index is 2.12. The minimum absolute atomic E-state index is 0.134. The van der Waals surface area contributed by atoms with E-state index in [9.17, 15) is 9.59 Å². The summed E-state index contributed by atoms with van der Waals surface area (Å²) in [7, 11) is 0. The maximum Gasteiger partial charge on any atom is 0.411 e. The van der Waals surface area contributed by atoms with E-state index in [-0.39, 0.29) is 17.9 Å². The van der Waals surface area contributed by atoms with Gasteiger partial charge in [0.1, 0.15) is 11.6 Å². The summed E-state index contributed by atoms with van der Waals surface area (Å²) in [6, 6.07) is -0.317. The summed E-state index contributed by atoms with van der Waals surface area (Å²) in [5.41, 5.74) is -0.544. The van der Waals surface area contributed by atoms with Crippen molar-refractivity contribution in [3.05, 3.63) is 0 Å². The summed E-state index contributed by atoms with van der Waals surface area (Å²) in [6.07, 6.45) is 2.45. The molecule has 1 amide bonds.